The third kappa shape index (κ3) is 14.3. The number of ether oxygens (including phenoxy) is 2. The molecule has 4 nitrogen and oxygen atoms in total. The zero-order valence-corrected chi connectivity index (χ0v) is 24.1. The minimum atomic E-state index is -0.139. The maximum Gasteiger partial charge on any atom is 0.308 e. The molecule has 0 bridgehead atoms. The van der Waals surface area contributed by atoms with Gasteiger partial charge in [-0.2, -0.15) is 0 Å². The molecule has 2 rings (SSSR count). The van der Waals surface area contributed by atoms with E-state index in [4.69, 9.17) is 9.47 Å². The number of rotatable bonds is 20. The third-order valence-corrected chi connectivity index (χ3v) is 7.11. The molecular formula is C33H52NO3+. The highest BCUT2D eigenvalue weighted by atomic mass is 16.6. The van der Waals surface area contributed by atoms with Gasteiger partial charge in [0, 0.05) is 12.0 Å². The minimum Gasteiger partial charge on any atom is -0.490 e. The van der Waals surface area contributed by atoms with Gasteiger partial charge in [0.1, 0.15) is 25.5 Å². The van der Waals surface area contributed by atoms with Crippen molar-refractivity contribution in [2.45, 2.75) is 91.0 Å². The summed E-state index contributed by atoms with van der Waals surface area (Å²) >= 11 is 0. The zero-order valence-electron chi connectivity index (χ0n) is 24.1. The lowest BCUT2D eigenvalue weighted by molar-refractivity contribution is -0.904. The van der Waals surface area contributed by atoms with Crippen LogP contribution in [-0.4, -0.2) is 44.3 Å². The molecule has 0 aromatic heterocycles. The number of benzene rings is 2. The van der Waals surface area contributed by atoms with Crippen LogP contribution in [0, 0.1) is 5.92 Å². The van der Waals surface area contributed by atoms with Crippen molar-refractivity contribution in [3.63, 3.8) is 0 Å². The lowest BCUT2D eigenvalue weighted by Gasteiger charge is -2.30. The summed E-state index contributed by atoms with van der Waals surface area (Å²) in [5, 5.41) is 0. The Morgan fingerprint density at radius 1 is 0.784 bits per heavy atom. The molecule has 1 atom stereocenters. The summed E-state index contributed by atoms with van der Waals surface area (Å²) < 4.78 is 12.1. The Kier molecular flexibility index (Phi) is 15.0. The molecule has 0 heterocycles. The van der Waals surface area contributed by atoms with Gasteiger partial charge in [0.2, 0.25) is 0 Å². The molecule has 0 aliphatic rings. The molecule has 0 radical (unpaired) electrons. The second-order valence-corrected chi connectivity index (χ2v) is 11.2. The first-order valence-electron chi connectivity index (χ1n) is 14.6. The van der Waals surface area contributed by atoms with E-state index in [0.29, 0.717) is 6.61 Å². The lowest BCUT2D eigenvalue weighted by Crippen LogP contribution is -2.40. The van der Waals surface area contributed by atoms with Crippen LogP contribution in [0.25, 0.3) is 0 Å². The van der Waals surface area contributed by atoms with Crippen molar-refractivity contribution in [3.8, 4) is 5.75 Å². The first kappa shape index (κ1) is 30.9. The van der Waals surface area contributed by atoms with Gasteiger partial charge in [-0.25, -0.2) is 0 Å². The Bertz CT molecular complexity index is 848. The van der Waals surface area contributed by atoms with E-state index in [9.17, 15) is 4.79 Å². The molecule has 37 heavy (non-hydrogen) atoms. The first-order valence-corrected chi connectivity index (χ1v) is 14.6. The van der Waals surface area contributed by atoms with Crippen LogP contribution in [0.4, 0.5) is 0 Å². The molecule has 0 spiro atoms. The molecule has 0 saturated heterocycles. The van der Waals surface area contributed by atoms with Crippen LogP contribution in [0.5, 0.6) is 5.75 Å². The highest BCUT2D eigenvalue weighted by Gasteiger charge is 2.21. The summed E-state index contributed by atoms with van der Waals surface area (Å²) in [5.41, 5.74) is 2.68. The van der Waals surface area contributed by atoms with Crippen LogP contribution >= 0.6 is 0 Å². The zero-order chi connectivity index (χ0) is 26.8. The van der Waals surface area contributed by atoms with Crippen molar-refractivity contribution in [1.82, 2.24) is 0 Å². The van der Waals surface area contributed by atoms with Gasteiger partial charge in [-0.3, -0.25) is 4.79 Å². The van der Waals surface area contributed by atoms with Gasteiger partial charge in [-0.1, -0.05) is 108 Å². The predicted molar refractivity (Wildman–Crippen MR) is 155 cm³/mol. The van der Waals surface area contributed by atoms with E-state index in [0.717, 1.165) is 36.2 Å². The maximum atomic E-state index is 12.4. The normalized spacial score (nSPS) is 12.3. The summed E-state index contributed by atoms with van der Waals surface area (Å²) in [6.07, 6.45) is 14.2. The molecule has 0 aliphatic carbocycles. The van der Waals surface area contributed by atoms with Gasteiger partial charge >= 0.3 is 5.97 Å². The van der Waals surface area contributed by atoms with E-state index in [2.05, 4.69) is 57.4 Å². The quantitative estimate of drug-likeness (QED) is 0.103. The fourth-order valence-corrected chi connectivity index (χ4v) is 4.65. The highest BCUT2D eigenvalue weighted by Crippen LogP contribution is 2.17. The summed E-state index contributed by atoms with van der Waals surface area (Å²) in [7, 11) is 4.42. The van der Waals surface area contributed by atoms with Crippen LogP contribution in [-0.2, 0) is 22.5 Å². The Hall–Kier alpha value is -2.33. The lowest BCUT2D eigenvalue weighted by atomic mass is 10.0. The summed E-state index contributed by atoms with van der Waals surface area (Å²) in [5.74, 6) is 0.577. The van der Waals surface area contributed by atoms with Crippen molar-refractivity contribution < 1.29 is 18.8 Å². The van der Waals surface area contributed by atoms with Gasteiger partial charge in [0.25, 0.3) is 0 Å². The average molecular weight is 511 g/mol. The number of quaternary nitrogens is 1. The number of aryl methyl sites for hydroxylation is 1. The number of carbonyl (C=O) groups excluding carboxylic acids is 1. The number of hydrogen-bond acceptors (Lipinski definition) is 3. The molecule has 2 aromatic carbocycles. The summed E-state index contributed by atoms with van der Waals surface area (Å²) in [6, 6.07) is 18.9. The van der Waals surface area contributed by atoms with E-state index in [1.165, 1.54) is 68.9 Å². The Balaban J connectivity index is 1.53. The number of carbonyl (C=O) groups is 1. The van der Waals surface area contributed by atoms with Crippen molar-refractivity contribution in [2.24, 2.45) is 5.92 Å². The van der Waals surface area contributed by atoms with Gasteiger partial charge in [-0.05, 0) is 30.5 Å². The van der Waals surface area contributed by atoms with E-state index < -0.39 is 0 Å². The fourth-order valence-electron chi connectivity index (χ4n) is 4.65. The van der Waals surface area contributed by atoms with E-state index in [1.54, 1.807) is 0 Å². The van der Waals surface area contributed by atoms with Crippen LogP contribution in [0.3, 0.4) is 0 Å². The van der Waals surface area contributed by atoms with Crippen LogP contribution < -0.4 is 4.74 Å². The molecule has 0 saturated carbocycles. The van der Waals surface area contributed by atoms with Crippen LogP contribution in [0.15, 0.2) is 54.6 Å². The van der Waals surface area contributed by atoms with Crippen LogP contribution in [0.2, 0.25) is 0 Å². The smallest absolute Gasteiger partial charge is 0.308 e. The molecule has 206 valence electrons. The topological polar surface area (TPSA) is 35.5 Å². The number of unbranched alkanes of at least 4 members (excludes halogenated alkanes) is 8. The third-order valence-electron chi connectivity index (χ3n) is 7.11. The highest BCUT2D eigenvalue weighted by molar-refractivity contribution is 5.71. The summed E-state index contributed by atoms with van der Waals surface area (Å²) in [4.78, 5) is 12.4. The average Bonchev–Trinajstić information content (AvgIpc) is 2.90. The number of nitrogens with zero attached hydrogens (tertiary/aromatic N) is 1. The Morgan fingerprint density at radius 3 is 2.05 bits per heavy atom. The van der Waals surface area contributed by atoms with Gasteiger partial charge in [-0.15, -0.1) is 0 Å². The Morgan fingerprint density at radius 2 is 1.41 bits per heavy atom. The second kappa shape index (κ2) is 18.0. The first-order chi connectivity index (χ1) is 17.9. The molecule has 1 unspecified atom stereocenters. The summed E-state index contributed by atoms with van der Waals surface area (Å²) in [6.45, 7) is 6.77. The van der Waals surface area contributed by atoms with Crippen molar-refractivity contribution in [3.05, 3.63) is 65.7 Å². The SMILES string of the molecule is CCCCCCCCCCCc1ccc(OCCOC(=O)C(C)CC[N+](C)(C)Cc2ccccc2)cc1. The monoisotopic (exact) mass is 510 g/mol. The van der Waals surface area contributed by atoms with E-state index >= 15 is 0 Å². The molecule has 0 aliphatic heterocycles. The van der Waals surface area contributed by atoms with Gasteiger partial charge in [0.05, 0.1) is 26.6 Å². The van der Waals surface area contributed by atoms with Crippen molar-refractivity contribution in [2.75, 3.05) is 33.9 Å². The van der Waals surface area contributed by atoms with Gasteiger partial charge < -0.3 is 14.0 Å². The van der Waals surface area contributed by atoms with E-state index in [-0.39, 0.29) is 18.5 Å². The standard InChI is InChI=1S/C33H52NO3/c1-5-6-7-8-9-10-11-12-14-17-30-20-22-32(23-21-30)36-26-27-37-33(35)29(2)24-25-34(3,4)28-31-18-15-13-16-19-31/h13,15-16,18-23,29H,5-12,14,17,24-28H2,1-4H3/q+1. The molecular weight excluding hydrogens is 458 g/mol. The minimum absolute atomic E-state index is 0.117. The van der Waals surface area contributed by atoms with Crippen molar-refractivity contribution in [1.29, 1.82) is 0 Å². The Labute approximate surface area is 227 Å². The number of hydrogen-bond donors (Lipinski definition) is 0. The number of esters is 1. The fraction of sp³-hybridized carbons (Fsp3) is 0.606. The molecule has 0 amide bonds. The van der Waals surface area contributed by atoms with Crippen molar-refractivity contribution >= 4 is 5.97 Å². The second-order valence-electron chi connectivity index (χ2n) is 11.2. The van der Waals surface area contributed by atoms with E-state index in [1.807, 2.05) is 25.1 Å². The molecule has 4 heteroatoms. The molecule has 2 aromatic rings. The predicted octanol–water partition coefficient (Wildman–Crippen LogP) is 7.98. The van der Waals surface area contributed by atoms with Crippen LogP contribution in [0.1, 0.15) is 89.2 Å². The van der Waals surface area contributed by atoms with Gasteiger partial charge in [0.15, 0.2) is 0 Å². The molecule has 0 N–H and O–H groups in total. The maximum absolute atomic E-state index is 12.4. The molecule has 0 fully saturated rings. The largest absolute Gasteiger partial charge is 0.490 e.